The van der Waals surface area contributed by atoms with Crippen molar-refractivity contribution >= 4 is 22.9 Å². The molecule has 0 saturated carbocycles. The predicted molar refractivity (Wildman–Crippen MR) is 65.0 cm³/mol. The Morgan fingerprint density at radius 1 is 1.41 bits per heavy atom. The molecule has 3 heterocycles. The Labute approximate surface area is 103 Å². The van der Waals surface area contributed by atoms with Gasteiger partial charge in [0.25, 0.3) is 0 Å². The predicted octanol–water partition coefficient (Wildman–Crippen LogP) is 0.433. The van der Waals surface area contributed by atoms with Crippen LogP contribution in [0.3, 0.4) is 0 Å². The highest BCUT2D eigenvalue weighted by molar-refractivity contribution is 7.99. The second-order valence-electron chi connectivity index (χ2n) is 3.79. The highest BCUT2D eigenvalue weighted by Gasteiger charge is 2.15. The van der Waals surface area contributed by atoms with Crippen molar-refractivity contribution in [3.05, 3.63) is 12.7 Å². The van der Waals surface area contributed by atoms with E-state index in [4.69, 9.17) is 4.74 Å². The summed E-state index contributed by atoms with van der Waals surface area (Å²) >= 11 is 1.67. The summed E-state index contributed by atoms with van der Waals surface area (Å²) in [4.78, 5) is 15.5. The molecular formula is C10H13N5OS. The first kappa shape index (κ1) is 10.9. The maximum Gasteiger partial charge on any atom is 0.181 e. The Kier molecular flexibility index (Phi) is 3.21. The van der Waals surface area contributed by atoms with Crippen molar-refractivity contribution in [3.63, 3.8) is 0 Å². The lowest BCUT2D eigenvalue weighted by Gasteiger charge is -2.22. The van der Waals surface area contributed by atoms with E-state index >= 15 is 0 Å². The van der Waals surface area contributed by atoms with Gasteiger partial charge in [-0.1, -0.05) is 0 Å². The maximum absolute atomic E-state index is 5.64. The minimum atomic E-state index is 0.252. The van der Waals surface area contributed by atoms with Crippen molar-refractivity contribution in [2.75, 3.05) is 25.4 Å². The minimum Gasteiger partial charge on any atom is -0.375 e. The summed E-state index contributed by atoms with van der Waals surface area (Å²) in [6, 6.07) is 0. The molecule has 1 unspecified atom stereocenters. The first-order chi connectivity index (χ1) is 8.43. The third kappa shape index (κ3) is 2.41. The van der Waals surface area contributed by atoms with Gasteiger partial charge in [-0.2, -0.15) is 0 Å². The fourth-order valence-electron chi connectivity index (χ4n) is 1.75. The number of hydrogen-bond acceptors (Lipinski definition) is 6. The van der Waals surface area contributed by atoms with Crippen LogP contribution in [0.4, 0.5) is 0 Å². The Hall–Kier alpha value is -1.18. The van der Waals surface area contributed by atoms with Crippen LogP contribution < -0.4 is 5.32 Å². The molecule has 0 aliphatic carbocycles. The van der Waals surface area contributed by atoms with Crippen molar-refractivity contribution in [2.45, 2.75) is 11.1 Å². The van der Waals surface area contributed by atoms with Crippen LogP contribution in [-0.2, 0) is 4.74 Å². The standard InChI is InChI=1S/C10H13N5OS/c1-2-16-7(3-11-1)4-17-10-8-9(13-5-12-8)14-6-15-10/h5-7,11H,1-4H2,(H,12,13,14,15). The average Bonchev–Trinajstić information content (AvgIpc) is 2.86. The molecule has 1 aliphatic heterocycles. The molecule has 2 aromatic rings. The minimum absolute atomic E-state index is 0.252. The van der Waals surface area contributed by atoms with Gasteiger partial charge < -0.3 is 15.0 Å². The van der Waals surface area contributed by atoms with E-state index in [1.165, 1.54) is 0 Å². The summed E-state index contributed by atoms with van der Waals surface area (Å²) in [5.74, 6) is 0.887. The molecule has 2 aromatic heterocycles. The van der Waals surface area contributed by atoms with E-state index in [1.807, 2.05) is 0 Å². The van der Waals surface area contributed by atoms with E-state index in [0.717, 1.165) is 36.0 Å². The smallest absolute Gasteiger partial charge is 0.181 e. The van der Waals surface area contributed by atoms with Crippen LogP contribution in [0.5, 0.6) is 0 Å². The van der Waals surface area contributed by atoms with Crippen LogP contribution in [0.1, 0.15) is 0 Å². The molecule has 2 N–H and O–H groups in total. The van der Waals surface area contributed by atoms with Gasteiger partial charge in [0.2, 0.25) is 0 Å². The summed E-state index contributed by atoms with van der Waals surface area (Å²) in [7, 11) is 0. The summed E-state index contributed by atoms with van der Waals surface area (Å²) in [6.07, 6.45) is 3.44. The lowest BCUT2D eigenvalue weighted by Crippen LogP contribution is -2.39. The summed E-state index contributed by atoms with van der Waals surface area (Å²) in [6.45, 7) is 2.64. The van der Waals surface area contributed by atoms with Crippen molar-refractivity contribution in [1.29, 1.82) is 0 Å². The second kappa shape index (κ2) is 4.99. The number of aromatic nitrogens is 4. The monoisotopic (exact) mass is 251 g/mol. The first-order valence-electron chi connectivity index (χ1n) is 5.52. The van der Waals surface area contributed by atoms with E-state index in [9.17, 15) is 0 Å². The zero-order chi connectivity index (χ0) is 11.5. The van der Waals surface area contributed by atoms with Gasteiger partial charge >= 0.3 is 0 Å². The second-order valence-corrected chi connectivity index (χ2v) is 4.80. The summed E-state index contributed by atoms with van der Waals surface area (Å²) in [5, 5.41) is 4.24. The SMILES string of the molecule is c1nc(SCC2CNCCO2)c2[nH]cnc2n1. The summed E-state index contributed by atoms with van der Waals surface area (Å²) < 4.78 is 5.64. The molecule has 0 radical (unpaired) electrons. The Morgan fingerprint density at radius 2 is 2.41 bits per heavy atom. The molecule has 0 spiro atoms. The van der Waals surface area contributed by atoms with Crippen LogP contribution in [0, 0.1) is 0 Å². The fraction of sp³-hybridized carbons (Fsp3) is 0.500. The van der Waals surface area contributed by atoms with E-state index in [1.54, 1.807) is 24.4 Å². The van der Waals surface area contributed by atoms with E-state index < -0.39 is 0 Å². The summed E-state index contributed by atoms with van der Waals surface area (Å²) in [5.41, 5.74) is 1.62. The number of imidazole rings is 1. The zero-order valence-corrected chi connectivity index (χ0v) is 10.0. The number of thioether (sulfide) groups is 1. The Morgan fingerprint density at radius 3 is 3.29 bits per heavy atom. The van der Waals surface area contributed by atoms with E-state index in [0.29, 0.717) is 5.65 Å². The fourth-order valence-corrected chi connectivity index (χ4v) is 2.73. The third-order valence-corrected chi connectivity index (χ3v) is 3.72. The Balaban J connectivity index is 1.69. The number of fused-ring (bicyclic) bond motifs is 1. The van der Waals surface area contributed by atoms with Crippen LogP contribution >= 0.6 is 11.8 Å². The van der Waals surface area contributed by atoms with Crippen LogP contribution in [0.25, 0.3) is 11.2 Å². The zero-order valence-electron chi connectivity index (χ0n) is 9.22. The quantitative estimate of drug-likeness (QED) is 0.609. The van der Waals surface area contributed by atoms with Crippen molar-refractivity contribution in [1.82, 2.24) is 25.3 Å². The molecule has 1 saturated heterocycles. The van der Waals surface area contributed by atoms with E-state index in [2.05, 4.69) is 25.3 Å². The molecule has 7 heteroatoms. The van der Waals surface area contributed by atoms with Gasteiger partial charge in [-0.3, -0.25) is 0 Å². The first-order valence-corrected chi connectivity index (χ1v) is 6.51. The number of rotatable bonds is 3. The highest BCUT2D eigenvalue weighted by atomic mass is 32.2. The molecule has 0 aromatic carbocycles. The largest absolute Gasteiger partial charge is 0.375 e. The van der Waals surface area contributed by atoms with Crippen molar-refractivity contribution in [2.24, 2.45) is 0 Å². The molecule has 90 valence electrons. The number of morpholine rings is 1. The van der Waals surface area contributed by atoms with Crippen LogP contribution in [0.15, 0.2) is 17.7 Å². The van der Waals surface area contributed by atoms with E-state index in [-0.39, 0.29) is 6.10 Å². The van der Waals surface area contributed by atoms with Gasteiger partial charge in [-0.05, 0) is 0 Å². The lowest BCUT2D eigenvalue weighted by atomic mass is 10.3. The molecule has 6 nitrogen and oxygen atoms in total. The van der Waals surface area contributed by atoms with Crippen LogP contribution in [0.2, 0.25) is 0 Å². The van der Waals surface area contributed by atoms with Gasteiger partial charge in [0.05, 0.1) is 19.0 Å². The van der Waals surface area contributed by atoms with Crippen LogP contribution in [-0.4, -0.2) is 51.5 Å². The maximum atomic E-state index is 5.64. The number of nitrogens with zero attached hydrogens (tertiary/aromatic N) is 3. The molecule has 17 heavy (non-hydrogen) atoms. The topological polar surface area (TPSA) is 75.7 Å². The molecule has 1 aliphatic rings. The average molecular weight is 251 g/mol. The molecular weight excluding hydrogens is 238 g/mol. The van der Waals surface area contributed by atoms with Gasteiger partial charge in [-0.15, -0.1) is 11.8 Å². The Bertz CT molecular complexity index is 496. The number of aromatic amines is 1. The lowest BCUT2D eigenvalue weighted by molar-refractivity contribution is 0.0440. The van der Waals surface area contributed by atoms with Crippen molar-refractivity contribution in [3.8, 4) is 0 Å². The molecule has 0 bridgehead atoms. The number of H-pyrrole nitrogens is 1. The number of hydrogen-bond donors (Lipinski definition) is 2. The van der Waals surface area contributed by atoms with Gasteiger partial charge in [0.15, 0.2) is 5.65 Å². The number of ether oxygens (including phenoxy) is 1. The highest BCUT2D eigenvalue weighted by Crippen LogP contribution is 2.23. The van der Waals surface area contributed by atoms with Gasteiger partial charge in [0.1, 0.15) is 16.9 Å². The van der Waals surface area contributed by atoms with Gasteiger partial charge in [-0.25, -0.2) is 15.0 Å². The normalized spacial score (nSPS) is 20.8. The van der Waals surface area contributed by atoms with Crippen molar-refractivity contribution < 1.29 is 4.74 Å². The number of nitrogens with one attached hydrogen (secondary N) is 2. The van der Waals surface area contributed by atoms with Gasteiger partial charge in [0, 0.05) is 18.8 Å². The molecule has 1 fully saturated rings. The molecule has 1 atom stereocenters. The third-order valence-electron chi connectivity index (χ3n) is 2.60. The molecule has 0 amide bonds. The molecule has 3 rings (SSSR count).